The predicted molar refractivity (Wildman–Crippen MR) is 126 cm³/mol. The van der Waals surface area contributed by atoms with Gasteiger partial charge in [0, 0.05) is 29.4 Å². The molecule has 0 aliphatic heterocycles. The molecule has 1 aromatic heterocycles. The van der Waals surface area contributed by atoms with Crippen molar-refractivity contribution in [2.45, 2.75) is 11.3 Å². The summed E-state index contributed by atoms with van der Waals surface area (Å²) in [6.45, 7) is 0.330. The fourth-order valence-corrected chi connectivity index (χ4v) is 3.97. The molecule has 0 aliphatic rings. The summed E-state index contributed by atoms with van der Waals surface area (Å²) in [5, 5.41) is 3.34. The minimum atomic E-state index is -4.29. The van der Waals surface area contributed by atoms with E-state index in [9.17, 15) is 22.8 Å². The van der Waals surface area contributed by atoms with Gasteiger partial charge >= 0.3 is 6.16 Å². The summed E-state index contributed by atoms with van der Waals surface area (Å²) in [6, 6.07) is 14.9. The number of amides is 2. The van der Waals surface area contributed by atoms with Crippen LogP contribution in [0.25, 0.3) is 0 Å². The molecule has 0 unspecified atom stereocenters. The number of halogens is 1. The second-order valence-electron chi connectivity index (χ2n) is 7.04. The first-order chi connectivity index (χ1) is 16.7. The molecule has 2 N–H and O–H groups in total. The molecule has 0 bridgehead atoms. The van der Waals surface area contributed by atoms with Crippen molar-refractivity contribution in [3.8, 4) is 5.88 Å². The summed E-state index contributed by atoms with van der Waals surface area (Å²) in [6.07, 6.45) is 0.605. The van der Waals surface area contributed by atoms with E-state index in [2.05, 4.69) is 15.0 Å². The number of rotatable bonds is 8. The largest absolute Gasteiger partial charge is 0.514 e. The molecule has 12 heteroatoms. The van der Waals surface area contributed by atoms with Crippen molar-refractivity contribution in [2.75, 3.05) is 13.7 Å². The quantitative estimate of drug-likeness (QED) is 0.434. The molecule has 0 fully saturated rings. The number of hydrogen-bond donors (Lipinski definition) is 2. The van der Waals surface area contributed by atoms with Crippen LogP contribution in [0, 0.1) is 0 Å². The average Bonchev–Trinajstić information content (AvgIpc) is 2.85. The van der Waals surface area contributed by atoms with E-state index >= 15 is 0 Å². The Hall–Kier alpha value is -3.96. The molecule has 0 spiro atoms. The number of pyridine rings is 1. The first kappa shape index (κ1) is 25.7. The summed E-state index contributed by atoms with van der Waals surface area (Å²) >= 11 is 5.85. The number of ether oxygens (including phenoxy) is 2. The van der Waals surface area contributed by atoms with Crippen molar-refractivity contribution < 1.29 is 32.3 Å². The molecular weight excluding hydrogens is 498 g/mol. The third-order valence-corrected chi connectivity index (χ3v) is 6.18. The van der Waals surface area contributed by atoms with Crippen molar-refractivity contribution in [1.82, 2.24) is 15.0 Å². The Morgan fingerprint density at radius 1 is 0.971 bits per heavy atom. The Balaban J connectivity index is 1.62. The van der Waals surface area contributed by atoms with Gasteiger partial charge in [-0.15, -0.1) is 0 Å². The number of benzene rings is 2. The van der Waals surface area contributed by atoms with Crippen molar-refractivity contribution in [3.05, 3.63) is 88.6 Å². The van der Waals surface area contributed by atoms with E-state index in [1.54, 1.807) is 12.1 Å². The SMILES string of the molecule is COC(=O)Oc1ccc(C(=O)NS(=O)(=O)c2cccc(C(=O)NCCc3ccc(Cl)cc3)c2)cn1. The summed E-state index contributed by atoms with van der Waals surface area (Å²) < 4.78 is 36.3. The molecule has 0 saturated heterocycles. The van der Waals surface area contributed by atoms with Crippen LogP contribution in [-0.4, -0.2) is 45.0 Å². The van der Waals surface area contributed by atoms with Crippen molar-refractivity contribution in [1.29, 1.82) is 0 Å². The lowest BCUT2D eigenvalue weighted by atomic mass is 10.1. The molecule has 1 heterocycles. The van der Waals surface area contributed by atoms with Gasteiger partial charge < -0.3 is 14.8 Å². The minimum absolute atomic E-state index is 0.0955. The van der Waals surface area contributed by atoms with Gasteiger partial charge in [0.15, 0.2) is 0 Å². The molecule has 0 aliphatic carbocycles. The molecule has 0 saturated carbocycles. The number of nitrogens with one attached hydrogen (secondary N) is 2. The lowest BCUT2D eigenvalue weighted by Crippen LogP contribution is -2.31. The van der Waals surface area contributed by atoms with E-state index in [4.69, 9.17) is 16.3 Å². The van der Waals surface area contributed by atoms with E-state index < -0.39 is 28.0 Å². The van der Waals surface area contributed by atoms with E-state index in [1.807, 2.05) is 16.9 Å². The number of carbonyl (C=O) groups excluding carboxylic acids is 3. The van der Waals surface area contributed by atoms with E-state index in [0.29, 0.717) is 18.0 Å². The number of carbonyl (C=O) groups is 3. The normalized spacial score (nSPS) is 10.8. The van der Waals surface area contributed by atoms with Gasteiger partial charge in [0.05, 0.1) is 17.6 Å². The Morgan fingerprint density at radius 2 is 1.71 bits per heavy atom. The summed E-state index contributed by atoms with van der Waals surface area (Å²) in [4.78, 5) is 39.4. The van der Waals surface area contributed by atoms with Crippen molar-refractivity contribution in [2.24, 2.45) is 0 Å². The van der Waals surface area contributed by atoms with Crippen LogP contribution in [0.3, 0.4) is 0 Å². The second kappa shape index (κ2) is 11.4. The maximum Gasteiger partial charge on any atom is 0.514 e. The van der Waals surface area contributed by atoms with Gasteiger partial charge in [-0.25, -0.2) is 22.9 Å². The lowest BCUT2D eigenvalue weighted by molar-refractivity contribution is 0.0951. The van der Waals surface area contributed by atoms with Gasteiger partial charge in [-0.3, -0.25) is 9.59 Å². The number of sulfonamides is 1. The van der Waals surface area contributed by atoms with Gasteiger partial charge in [-0.1, -0.05) is 29.8 Å². The third-order valence-electron chi connectivity index (χ3n) is 4.60. The highest BCUT2D eigenvalue weighted by atomic mass is 35.5. The smallest absolute Gasteiger partial charge is 0.437 e. The first-order valence-electron chi connectivity index (χ1n) is 10.1. The van der Waals surface area contributed by atoms with Crippen LogP contribution in [0.4, 0.5) is 4.79 Å². The predicted octanol–water partition coefficient (Wildman–Crippen LogP) is 2.97. The number of hydrogen-bond acceptors (Lipinski definition) is 8. The van der Waals surface area contributed by atoms with Crippen LogP contribution in [-0.2, 0) is 21.2 Å². The van der Waals surface area contributed by atoms with E-state index in [0.717, 1.165) is 18.9 Å². The van der Waals surface area contributed by atoms with Crippen LogP contribution >= 0.6 is 11.6 Å². The van der Waals surface area contributed by atoms with Crippen LogP contribution < -0.4 is 14.8 Å². The fraction of sp³-hybridized carbons (Fsp3) is 0.130. The Morgan fingerprint density at radius 3 is 2.37 bits per heavy atom. The topological polar surface area (TPSA) is 141 Å². The van der Waals surface area contributed by atoms with Gasteiger partial charge in [-0.2, -0.15) is 0 Å². The zero-order valence-corrected chi connectivity index (χ0v) is 19.9. The number of aromatic nitrogens is 1. The maximum atomic E-state index is 12.7. The highest BCUT2D eigenvalue weighted by molar-refractivity contribution is 7.90. The van der Waals surface area contributed by atoms with E-state index in [-0.39, 0.29) is 21.9 Å². The average molecular weight is 518 g/mol. The fourth-order valence-electron chi connectivity index (χ4n) is 2.82. The standard InChI is InChI=1S/C23H20ClN3O7S/c1-33-23(30)34-20-10-7-17(14-26-20)22(29)27-35(31,32)19-4-2-3-16(13-19)21(28)25-12-11-15-5-8-18(24)9-6-15/h2-10,13-14H,11-12H2,1H3,(H,25,28)(H,27,29). The van der Waals surface area contributed by atoms with Crippen LogP contribution in [0.2, 0.25) is 5.02 Å². The number of nitrogens with zero attached hydrogens (tertiary/aromatic N) is 1. The highest BCUT2D eigenvalue weighted by Crippen LogP contribution is 2.14. The van der Waals surface area contributed by atoms with Gasteiger partial charge in [0.25, 0.3) is 21.8 Å². The Bertz CT molecular complexity index is 1330. The van der Waals surface area contributed by atoms with Crippen LogP contribution in [0.15, 0.2) is 71.8 Å². The first-order valence-corrected chi connectivity index (χ1v) is 12.0. The maximum absolute atomic E-state index is 12.7. The molecule has 35 heavy (non-hydrogen) atoms. The molecule has 2 amide bonds. The molecule has 3 rings (SSSR count). The second-order valence-corrected chi connectivity index (χ2v) is 9.15. The third kappa shape index (κ3) is 7.26. The van der Waals surface area contributed by atoms with E-state index in [1.165, 1.54) is 36.4 Å². The summed E-state index contributed by atoms with van der Waals surface area (Å²) in [7, 11) is -3.17. The Labute approximate surface area is 206 Å². The molecule has 3 aromatic rings. The summed E-state index contributed by atoms with van der Waals surface area (Å²) in [5.41, 5.74) is 0.998. The molecule has 182 valence electrons. The van der Waals surface area contributed by atoms with Gasteiger partial charge in [0.1, 0.15) is 0 Å². The summed E-state index contributed by atoms with van der Waals surface area (Å²) in [5.74, 6) is -1.56. The molecular formula is C23H20ClN3O7S. The van der Waals surface area contributed by atoms with Crippen LogP contribution in [0.5, 0.6) is 5.88 Å². The molecule has 0 radical (unpaired) electrons. The van der Waals surface area contributed by atoms with Crippen molar-refractivity contribution >= 4 is 39.6 Å². The highest BCUT2D eigenvalue weighted by Gasteiger charge is 2.20. The zero-order chi connectivity index (χ0) is 25.4. The Kier molecular flexibility index (Phi) is 8.39. The van der Waals surface area contributed by atoms with Gasteiger partial charge in [-0.05, 0) is 48.4 Å². The van der Waals surface area contributed by atoms with Crippen molar-refractivity contribution in [3.63, 3.8) is 0 Å². The molecule has 0 atom stereocenters. The monoisotopic (exact) mass is 517 g/mol. The lowest BCUT2D eigenvalue weighted by Gasteiger charge is -2.09. The minimum Gasteiger partial charge on any atom is -0.437 e. The zero-order valence-electron chi connectivity index (χ0n) is 18.4. The molecule has 10 nitrogen and oxygen atoms in total. The number of methoxy groups -OCH3 is 1. The van der Waals surface area contributed by atoms with Gasteiger partial charge in [0.2, 0.25) is 5.88 Å². The molecule has 2 aromatic carbocycles. The van der Waals surface area contributed by atoms with Crippen LogP contribution in [0.1, 0.15) is 26.3 Å².